The zero-order valence-electron chi connectivity index (χ0n) is 21.1. The molecule has 0 radical (unpaired) electrons. The first-order chi connectivity index (χ1) is 16.9. The number of sulfonamides is 1. The highest BCUT2D eigenvalue weighted by Crippen LogP contribution is 2.25. The van der Waals surface area contributed by atoms with E-state index in [0.29, 0.717) is 18.7 Å². The average Bonchev–Trinajstić information content (AvgIpc) is 2.82. The summed E-state index contributed by atoms with van der Waals surface area (Å²) in [5.74, 6) is -0.794. The van der Waals surface area contributed by atoms with E-state index in [1.807, 2.05) is 13.8 Å². The largest absolute Gasteiger partial charge is 0.497 e. The molecule has 8 nitrogen and oxygen atoms in total. The van der Waals surface area contributed by atoms with E-state index in [9.17, 15) is 22.4 Å². The van der Waals surface area contributed by atoms with Crippen molar-refractivity contribution < 1.29 is 27.1 Å². The van der Waals surface area contributed by atoms with Crippen LogP contribution >= 0.6 is 11.6 Å². The van der Waals surface area contributed by atoms with E-state index in [1.54, 1.807) is 38.3 Å². The van der Waals surface area contributed by atoms with E-state index in [4.69, 9.17) is 16.3 Å². The third-order valence-electron chi connectivity index (χ3n) is 5.45. The fourth-order valence-electron chi connectivity index (χ4n) is 3.52. The highest BCUT2D eigenvalue weighted by molar-refractivity contribution is 7.92. The zero-order chi connectivity index (χ0) is 27.0. The molecule has 1 unspecified atom stereocenters. The molecule has 2 amide bonds. The van der Waals surface area contributed by atoms with Crippen LogP contribution in [-0.2, 0) is 26.2 Å². The Kier molecular flexibility index (Phi) is 10.5. The minimum atomic E-state index is -3.94. The normalized spacial score (nSPS) is 12.2. The minimum absolute atomic E-state index is 0.0407. The molecule has 0 aliphatic rings. The van der Waals surface area contributed by atoms with Crippen molar-refractivity contribution in [2.75, 3.05) is 30.8 Å². The summed E-state index contributed by atoms with van der Waals surface area (Å²) in [5, 5.41) is 2.58. The predicted octanol–water partition coefficient (Wildman–Crippen LogP) is 3.83. The van der Waals surface area contributed by atoms with Gasteiger partial charge in [-0.15, -0.1) is 0 Å². The van der Waals surface area contributed by atoms with Crippen LogP contribution < -0.4 is 14.4 Å². The van der Waals surface area contributed by atoms with E-state index >= 15 is 0 Å². The molecule has 2 aromatic rings. The Morgan fingerprint density at radius 3 is 2.28 bits per heavy atom. The Morgan fingerprint density at radius 2 is 1.78 bits per heavy atom. The van der Waals surface area contributed by atoms with Crippen LogP contribution in [0.1, 0.15) is 32.8 Å². The standard InChI is InChI=1S/C25H33ClFN3O5S/c1-6-23(25(32)28-14-17(2)3)29(15-18-7-10-20(35-4)11-8-18)24(31)16-30(36(5,33)34)19-9-12-22(27)21(26)13-19/h7-13,17,23H,6,14-16H2,1-5H3,(H,28,32). The van der Waals surface area contributed by atoms with Crippen molar-refractivity contribution in [3.63, 3.8) is 0 Å². The van der Waals surface area contributed by atoms with Gasteiger partial charge in [0.1, 0.15) is 24.2 Å². The van der Waals surface area contributed by atoms with E-state index in [0.717, 1.165) is 28.3 Å². The predicted molar refractivity (Wildman–Crippen MR) is 139 cm³/mol. The number of halogens is 2. The maximum Gasteiger partial charge on any atom is 0.244 e. The molecule has 1 atom stereocenters. The number of hydrogen-bond acceptors (Lipinski definition) is 5. The SMILES string of the molecule is CCC(C(=O)NCC(C)C)N(Cc1ccc(OC)cc1)C(=O)CN(c1ccc(F)c(Cl)c1)S(C)(=O)=O. The van der Waals surface area contributed by atoms with Crippen molar-refractivity contribution in [2.45, 2.75) is 39.8 Å². The van der Waals surface area contributed by atoms with Crippen LogP contribution in [0.3, 0.4) is 0 Å². The quantitative estimate of drug-likeness (QED) is 0.440. The van der Waals surface area contributed by atoms with E-state index < -0.39 is 34.3 Å². The highest BCUT2D eigenvalue weighted by atomic mass is 35.5. The Labute approximate surface area is 217 Å². The molecule has 2 rings (SSSR count). The monoisotopic (exact) mass is 541 g/mol. The molecule has 0 saturated heterocycles. The molecule has 0 saturated carbocycles. The lowest BCUT2D eigenvalue weighted by Gasteiger charge is -2.33. The lowest BCUT2D eigenvalue weighted by Crippen LogP contribution is -2.52. The molecule has 1 N–H and O–H groups in total. The Balaban J connectivity index is 2.43. The van der Waals surface area contributed by atoms with E-state index in [1.165, 1.54) is 11.0 Å². The Hall–Kier alpha value is -2.85. The third-order valence-corrected chi connectivity index (χ3v) is 6.88. The second-order valence-electron chi connectivity index (χ2n) is 8.80. The zero-order valence-corrected chi connectivity index (χ0v) is 22.7. The van der Waals surface area contributed by atoms with Crippen LogP contribution in [0, 0.1) is 11.7 Å². The van der Waals surface area contributed by atoms with Crippen LogP contribution in [-0.4, -0.2) is 57.6 Å². The first-order valence-corrected chi connectivity index (χ1v) is 13.7. The van der Waals surface area contributed by atoms with Crippen LogP contribution in [0.2, 0.25) is 5.02 Å². The van der Waals surface area contributed by atoms with Gasteiger partial charge in [-0.25, -0.2) is 12.8 Å². The number of carbonyl (C=O) groups excluding carboxylic acids is 2. The summed E-state index contributed by atoms with van der Waals surface area (Å²) in [6.45, 7) is 5.60. The topological polar surface area (TPSA) is 96.0 Å². The van der Waals surface area contributed by atoms with Gasteiger partial charge in [0.15, 0.2) is 0 Å². The minimum Gasteiger partial charge on any atom is -0.497 e. The average molecular weight is 542 g/mol. The van der Waals surface area contributed by atoms with Crippen molar-refractivity contribution in [1.29, 1.82) is 0 Å². The van der Waals surface area contributed by atoms with Gasteiger partial charge in [-0.2, -0.15) is 0 Å². The fourth-order valence-corrected chi connectivity index (χ4v) is 4.54. The van der Waals surface area contributed by atoms with Crippen molar-refractivity contribution in [3.05, 3.63) is 58.9 Å². The number of nitrogens with one attached hydrogen (secondary N) is 1. The van der Waals surface area contributed by atoms with Gasteiger partial charge in [0.25, 0.3) is 0 Å². The molecule has 0 aliphatic carbocycles. The second-order valence-corrected chi connectivity index (χ2v) is 11.1. The van der Waals surface area contributed by atoms with Gasteiger partial charge in [-0.3, -0.25) is 13.9 Å². The van der Waals surface area contributed by atoms with Crippen molar-refractivity contribution in [3.8, 4) is 5.75 Å². The van der Waals surface area contributed by atoms with Crippen LogP contribution in [0.5, 0.6) is 5.75 Å². The van der Waals surface area contributed by atoms with Crippen LogP contribution in [0.25, 0.3) is 0 Å². The lowest BCUT2D eigenvalue weighted by molar-refractivity contribution is -0.140. The summed E-state index contributed by atoms with van der Waals surface area (Å²) in [6.07, 6.45) is 1.26. The summed E-state index contributed by atoms with van der Waals surface area (Å²) in [5.41, 5.74) is 0.772. The number of methoxy groups -OCH3 is 1. The summed E-state index contributed by atoms with van der Waals surface area (Å²) in [7, 11) is -2.40. The molecular weight excluding hydrogens is 509 g/mol. The molecular formula is C25H33ClFN3O5S. The fraction of sp³-hybridized carbons (Fsp3) is 0.440. The second kappa shape index (κ2) is 12.9. The van der Waals surface area contributed by atoms with E-state index in [-0.39, 0.29) is 29.1 Å². The summed E-state index contributed by atoms with van der Waals surface area (Å²) in [4.78, 5) is 28.0. The van der Waals surface area contributed by atoms with Gasteiger partial charge in [-0.1, -0.05) is 44.5 Å². The molecule has 0 spiro atoms. The van der Waals surface area contributed by atoms with Crippen molar-refractivity contribution in [2.24, 2.45) is 5.92 Å². The maximum atomic E-state index is 13.7. The van der Waals surface area contributed by atoms with Crippen molar-refractivity contribution >= 4 is 39.1 Å². The number of anilines is 1. The van der Waals surface area contributed by atoms with Gasteiger partial charge < -0.3 is 15.0 Å². The molecule has 0 aromatic heterocycles. The molecule has 198 valence electrons. The number of hydrogen-bond donors (Lipinski definition) is 1. The van der Waals surface area contributed by atoms with Gasteiger partial charge >= 0.3 is 0 Å². The van der Waals surface area contributed by atoms with Gasteiger partial charge in [-0.05, 0) is 48.2 Å². The smallest absolute Gasteiger partial charge is 0.244 e. The molecule has 11 heteroatoms. The number of amides is 2. The number of rotatable bonds is 12. The van der Waals surface area contributed by atoms with Crippen LogP contribution in [0.4, 0.5) is 10.1 Å². The summed E-state index contributed by atoms with van der Waals surface area (Å²) >= 11 is 5.86. The number of ether oxygens (including phenoxy) is 1. The summed E-state index contributed by atoms with van der Waals surface area (Å²) in [6, 6.07) is 9.59. The molecule has 0 heterocycles. The summed E-state index contributed by atoms with van der Waals surface area (Å²) < 4.78 is 44.9. The first-order valence-electron chi connectivity index (χ1n) is 11.5. The van der Waals surface area contributed by atoms with Crippen LogP contribution in [0.15, 0.2) is 42.5 Å². The van der Waals surface area contributed by atoms with Gasteiger partial charge in [0.2, 0.25) is 21.8 Å². The highest BCUT2D eigenvalue weighted by Gasteiger charge is 2.32. The third kappa shape index (κ3) is 8.09. The number of benzene rings is 2. The molecule has 0 fully saturated rings. The Bertz CT molecular complexity index is 1160. The van der Waals surface area contributed by atoms with Crippen molar-refractivity contribution in [1.82, 2.24) is 10.2 Å². The van der Waals surface area contributed by atoms with E-state index in [2.05, 4.69) is 5.32 Å². The lowest BCUT2D eigenvalue weighted by atomic mass is 10.1. The first kappa shape index (κ1) is 29.4. The van der Waals surface area contributed by atoms with Gasteiger partial charge in [0, 0.05) is 13.1 Å². The Morgan fingerprint density at radius 1 is 1.14 bits per heavy atom. The molecule has 36 heavy (non-hydrogen) atoms. The van der Waals surface area contributed by atoms with Gasteiger partial charge in [0.05, 0.1) is 24.1 Å². The molecule has 0 bridgehead atoms. The molecule has 2 aromatic carbocycles. The maximum absolute atomic E-state index is 13.7. The number of nitrogens with zero attached hydrogens (tertiary/aromatic N) is 2. The molecule has 0 aliphatic heterocycles. The number of carbonyl (C=O) groups is 2.